The number of hydrogen-bond donors (Lipinski definition) is 2. The van der Waals surface area contributed by atoms with Crippen LogP contribution in [0, 0.1) is 0 Å². The average Bonchev–Trinajstić information content (AvgIpc) is 2.59. The number of hydrogen-bond acceptors (Lipinski definition) is 4. The quantitative estimate of drug-likeness (QED) is 0.793. The van der Waals surface area contributed by atoms with E-state index in [4.69, 9.17) is 16.3 Å². The highest BCUT2D eigenvalue weighted by atomic mass is 35.5. The van der Waals surface area contributed by atoms with Crippen molar-refractivity contribution < 1.29 is 27.8 Å². The Bertz CT molecular complexity index is 786. The molecule has 6 nitrogen and oxygen atoms in total. The molecule has 2 aromatic rings. The van der Waals surface area contributed by atoms with Gasteiger partial charge in [-0.25, -0.2) is 0 Å². The van der Waals surface area contributed by atoms with E-state index in [0.717, 1.165) is 6.07 Å². The van der Waals surface area contributed by atoms with Crippen LogP contribution in [0.1, 0.15) is 20.7 Å². The number of carbonyl (C=O) groups is 2. The fraction of sp³-hybridized carbons (Fsp3) is 0.125. The Hall–Kier alpha value is -2.87. The second kappa shape index (κ2) is 8.29. The summed E-state index contributed by atoms with van der Waals surface area (Å²) in [5.74, 6) is -1.55. The zero-order chi connectivity index (χ0) is 18.4. The topological polar surface area (TPSA) is 76.7 Å². The molecule has 0 aromatic heterocycles. The summed E-state index contributed by atoms with van der Waals surface area (Å²) in [5.41, 5.74) is 4.65. The smallest absolute Gasteiger partial charge is 0.387 e. The van der Waals surface area contributed by atoms with Gasteiger partial charge in [0.2, 0.25) is 0 Å². The average molecular weight is 371 g/mol. The number of nitrogens with one attached hydrogen (secondary N) is 2. The molecule has 0 spiro atoms. The van der Waals surface area contributed by atoms with Gasteiger partial charge in [0.05, 0.1) is 17.7 Å². The molecular weight excluding hydrogens is 358 g/mol. The Morgan fingerprint density at radius 3 is 2.36 bits per heavy atom. The number of benzene rings is 2. The fourth-order valence-corrected chi connectivity index (χ4v) is 2.12. The van der Waals surface area contributed by atoms with Gasteiger partial charge >= 0.3 is 6.61 Å². The zero-order valence-corrected chi connectivity index (χ0v) is 13.6. The van der Waals surface area contributed by atoms with Crippen LogP contribution in [0.3, 0.4) is 0 Å². The molecule has 0 heterocycles. The molecule has 0 aliphatic heterocycles. The highest BCUT2D eigenvalue weighted by Gasteiger charge is 2.15. The number of rotatable bonds is 5. The lowest BCUT2D eigenvalue weighted by Crippen LogP contribution is -2.41. The van der Waals surface area contributed by atoms with E-state index < -0.39 is 18.4 Å². The fourth-order valence-electron chi connectivity index (χ4n) is 1.90. The molecule has 0 radical (unpaired) electrons. The first-order valence-corrected chi connectivity index (χ1v) is 7.28. The summed E-state index contributed by atoms with van der Waals surface area (Å²) in [4.78, 5) is 24.0. The third-order valence-electron chi connectivity index (χ3n) is 3.05. The number of carbonyl (C=O) groups excluding carboxylic acids is 2. The number of hydrazine groups is 1. The van der Waals surface area contributed by atoms with Gasteiger partial charge in [-0.1, -0.05) is 23.7 Å². The first-order chi connectivity index (χ1) is 11.9. The second-order valence-corrected chi connectivity index (χ2v) is 5.04. The van der Waals surface area contributed by atoms with E-state index in [2.05, 4.69) is 15.6 Å². The van der Waals surface area contributed by atoms with E-state index in [9.17, 15) is 18.4 Å². The Kier molecular flexibility index (Phi) is 6.13. The lowest BCUT2D eigenvalue weighted by molar-refractivity contribution is -0.0512. The van der Waals surface area contributed by atoms with Crippen LogP contribution in [-0.2, 0) is 0 Å². The van der Waals surface area contributed by atoms with Crippen LogP contribution in [0.25, 0.3) is 0 Å². The molecule has 0 atom stereocenters. The molecule has 0 aliphatic carbocycles. The van der Waals surface area contributed by atoms with E-state index in [-0.39, 0.29) is 27.6 Å². The van der Waals surface area contributed by atoms with Gasteiger partial charge in [-0.3, -0.25) is 20.4 Å². The van der Waals surface area contributed by atoms with Crippen molar-refractivity contribution in [3.63, 3.8) is 0 Å². The molecule has 9 heteroatoms. The van der Waals surface area contributed by atoms with Crippen molar-refractivity contribution in [1.29, 1.82) is 0 Å². The lowest BCUT2D eigenvalue weighted by Gasteiger charge is -2.12. The molecule has 0 unspecified atom stereocenters. The maximum atomic E-state index is 12.3. The van der Waals surface area contributed by atoms with Crippen molar-refractivity contribution in [3.8, 4) is 11.5 Å². The molecule has 0 aliphatic rings. The van der Waals surface area contributed by atoms with Crippen LogP contribution in [0.5, 0.6) is 11.5 Å². The highest BCUT2D eigenvalue weighted by Crippen LogP contribution is 2.29. The third-order valence-corrected chi connectivity index (χ3v) is 3.38. The Morgan fingerprint density at radius 1 is 1.04 bits per heavy atom. The summed E-state index contributed by atoms with van der Waals surface area (Å²) in [7, 11) is 1.24. The number of halogens is 3. The van der Waals surface area contributed by atoms with Crippen LogP contribution >= 0.6 is 11.6 Å². The summed E-state index contributed by atoms with van der Waals surface area (Å²) in [6.07, 6.45) is 0. The van der Waals surface area contributed by atoms with E-state index in [0.29, 0.717) is 0 Å². The number of ether oxygens (including phenoxy) is 2. The van der Waals surface area contributed by atoms with Crippen LogP contribution in [0.15, 0.2) is 42.5 Å². The summed E-state index contributed by atoms with van der Waals surface area (Å²) in [6.45, 7) is -3.02. The minimum Gasteiger partial charge on any atom is -0.493 e. The Morgan fingerprint density at radius 2 is 1.72 bits per heavy atom. The summed E-state index contributed by atoms with van der Waals surface area (Å²) >= 11 is 5.88. The van der Waals surface area contributed by atoms with Crippen molar-refractivity contribution in [2.24, 2.45) is 0 Å². The normalized spacial score (nSPS) is 10.3. The van der Waals surface area contributed by atoms with Gasteiger partial charge in [0, 0.05) is 5.56 Å². The number of alkyl halides is 2. The summed E-state index contributed by atoms with van der Waals surface area (Å²) in [6, 6.07) is 9.91. The first-order valence-electron chi connectivity index (χ1n) is 6.90. The minimum absolute atomic E-state index is 0.0506. The van der Waals surface area contributed by atoms with Gasteiger partial charge in [0.1, 0.15) is 0 Å². The van der Waals surface area contributed by atoms with Gasteiger partial charge in [0.25, 0.3) is 11.8 Å². The first kappa shape index (κ1) is 18.5. The summed E-state index contributed by atoms with van der Waals surface area (Å²) < 4.78 is 33.7. The Labute approximate surface area is 146 Å². The molecule has 0 saturated carbocycles. The van der Waals surface area contributed by atoms with Gasteiger partial charge in [0.15, 0.2) is 11.5 Å². The number of methoxy groups -OCH3 is 1. The predicted octanol–water partition coefficient (Wildman–Crippen LogP) is 3.02. The van der Waals surface area contributed by atoms with Gasteiger partial charge in [-0.05, 0) is 30.3 Å². The van der Waals surface area contributed by atoms with Crippen molar-refractivity contribution in [2.45, 2.75) is 6.61 Å². The molecule has 2 amide bonds. The molecular formula is C16H13ClF2N2O4. The lowest BCUT2D eigenvalue weighted by atomic mass is 10.2. The van der Waals surface area contributed by atoms with Crippen molar-refractivity contribution in [1.82, 2.24) is 10.9 Å². The molecule has 2 rings (SSSR count). The molecule has 132 valence electrons. The maximum absolute atomic E-state index is 12.3. The van der Waals surface area contributed by atoms with Crippen molar-refractivity contribution >= 4 is 23.4 Å². The molecule has 2 N–H and O–H groups in total. The standard InChI is InChI=1S/C16H13ClF2N2O4/c1-24-13-8-9(6-7-12(13)25-16(18)19)14(22)20-21-15(23)10-4-2-3-5-11(10)17/h2-8,16H,1H3,(H,20,22)(H,21,23). The molecule has 0 fully saturated rings. The van der Waals surface area contributed by atoms with Crippen LogP contribution in [0.4, 0.5) is 8.78 Å². The molecule has 0 saturated heterocycles. The van der Waals surface area contributed by atoms with Crippen molar-refractivity contribution in [2.75, 3.05) is 7.11 Å². The van der Waals surface area contributed by atoms with E-state index in [1.54, 1.807) is 12.1 Å². The highest BCUT2D eigenvalue weighted by molar-refractivity contribution is 6.33. The van der Waals surface area contributed by atoms with Gasteiger partial charge < -0.3 is 9.47 Å². The SMILES string of the molecule is COc1cc(C(=O)NNC(=O)c2ccccc2Cl)ccc1OC(F)F. The summed E-state index contributed by atoms with van der Waals surface area (Å²) in [5, 5.41) is 0.226. The molecule has 2 aromatic carbocycles. The Balaban J connectivity index is 2.06. The van der Waals surface area contributed by atoms with E-state index in [1.165, 1.54) is 31.4 Å². The van der Waals surface area contributed by atoms with Crippen LogP contribution in [-0.4, -0.2) is 25.5 Å². The predicted molar refractivity (Wildman–Crippen MR) is 86.0 cm³/mol. The van der Waals surface area contributed by atoms with Gasteiger partial charge in [-0.15, -0.1) is 0 Å². The van der Waals surface area contributed by atoms with Crippen molar-refractivity contribution in [3.05, 3.63) is 58.6 Å². The number of amides is 2. The van der Waals surface area contributed by atoms with E-state index >= 15 is 0 Å². The minimum atomic E-state index is -3.02. The molecule has 25 heavy (non-hydrogen) atoms. The van der Waals surface area contributed by atoms with Crippen LogP contribution < -0.4 is 20.3 Å². The maximum Gasteiger partial charge on any atom is 0.387 e. The largest absolute Gasteiger partial charge is 0.493 e. The molecule has 0 bridgehead atoms. The zero-order valence-electron chi connectivity index (χ0n) is 12.9. The van der Waals surface area contributed by atoms with Crippen LogP contribution in [0.2, 0.25) is 5.02 Å². The third kappa shape index (κ3) is 4.80. The van der Waals surface area contributed by atoms with E-state index in [1.807, 2.05) is 0 Å². The van der Waals surface area contributed by atoms with Gasteiger partial charge in [-0.2, -0.15) is 8.78 Å². The second-order valence-electron chi connectivity index (χ2n) is 4.63. The monoisotopic (exact) mass is 370 g/mol.